The Hall–Kier alpha value is -9.09. The Morgan fingerprint density at radius 2 is 0.901 bits per heavy atom. The van der Waals surface area contributed by atoms with Crippen molar-refractivity contribution in [3.8, 4) is 67.4 Å². The average molecular weight is 1230 g/mol. The number of fused-ring (bicyclic) bond motifs is 7. The molecule has 3 heterocycles. The van der Waals surface area contributed by atoms with Crippen LogP contribution in [0, 0.1) is 15.9 Å². The minimum atomic E-state index is -0.146. The van der Waals surface area contributed by atoms with Gasteiger partial charge in [-0.1, -0.05) is 102 Å². The molecule has 7 heteroatoms. The van der Waals surface area contributed by atoms with E-state index in [0.29, 0.717) is 11.5 Å². The molecule has 13 rings (SSSR count). The molecule has 0 fully saturated rings. The third-order valence-corrected chi connectivity index (χ3v) is 16.3. The van der Waals surface area contributed by atoms with Crippen molar-refractivity contribution in [3.63, 3.8) is 0 Å². The van der Waals surface area contributed by atoms with E-state index in [0.717, 1.165) is 105 Å². The van der Waals surface area contributed by atoms with Crippen molar-refractivity contribution in [2.75, 3.05) is 9.80 Å². The van der Waals surface area contributed by atoms with Crippen LogP contribution in [0.1, 0.15) is 52.7 Å². The van der Waals surface area contributed by atoms with Crippen molar-refractivity contribution in [1.82, 2.24) is 14.1 Å². The smallest absolute Gasteiger partial charge is 0.0615 e. The van der Waals surface area contributed by atoms with Gasteiger partial charge in [0.15, 0.2) is 0 Å². The van der Waals surface area contributed by atoms with Crippen LogP contribution in [0.3, 0.4) is 0 Å². The van der Waals surface area contributed by atoms with Crippen LogP contribution < -0.4 is 14.5 Å². The standard InChI is InChI=1S/C74H59N5O.Pt/c1-73(2,3)53-39-41-55(42-40-53)78-65-34-16-13-29-61(65)62-30-15-18-36-67(62)79(71-47-54(45-46-75-71)74(4,5)6)70-49-58(43-44-64(70)63-31-14-17-35-66(63)78)80-57-28-21-27-56(48-57)76-50-77(69-38-20-19-37-68(69)76)72-59(51-23-9-7-10-24-51)32-22-33-60(72)52-25-11-8-12-26-52;/h7-47H,1-6H3;/q-2;. The normalized spacial score (nSPS) is 12.3. The number of nitrogens with zero attached hydrogens (tertiary/aromatic N) is 5. The number of anilines is 6. The Kier molecular flexibility index (Phi) is 13.2. The van der Waals surface area contributed by atoms with Gasteiger partial charge < -0.3 is 4.90 Å². The summed E-state index contributed by atoms with van der Waals surface area (Å²) in [6.45, 7) is 13.5. The SMILES string of the molecule is CC(C)(C)c1ccc(N2c3ccccc3-c3ccc(Oc4[c-]c(-n5[c](=[Pt])n(-c6c(-c7ccccc7)cccc6-c6ccccc6)c6ccccc65)ccc4)[c-]c3N(c3cc(C(C)(C)C)ccn3)c3ccccc3-c3ccccc32)cc1. The van der Waals surface area contributed by atoms with Crippen molar-refractivity contribution in [3.05, 3.63) is 276 Å². The van der Waals surface area contributed by atoms with Gasteiger partial charge in [0, 0.05) is 17.4 Å². The maximum atomic E-state index is 7.06. The summed E-state index contributed by atoms with van der Waals surface area (Å²) in [5, 5.41) is 0. The quantitative estimate of drug-likeness (QED) is 0.142. The molecule has 398 valence electrons. The molecule has 1 aliphatic rings. The molecule has 0 spiro atoms. The summed E-state index contributed by atoms with van der Waals surface area (Å²) in [6, 6.07) is 94.1. The minimum absolute atomic E-state index is 0.00494. The first-order chi connectivity index (χ1) is 39.4. The summed E-state index contributed by atoms with van der Waals surface area (Å²) in [4.78, 5) is 9.90. The number of imidazole rings is 1. The van der Waals surface area contributed by atoms with Gasteiger partial charge in [-0.25, -0.2) is 0 Å². The number of hydrogen-bond acceptors (Lipinski definition) is 4. The van der Waals surface area contributed by atoms with E-state index in [1.807, 2.05) is 24.4 Å². The van der Waals surface area contributed by atoms with Gasteiger partial charge in [0.25, 0.3) is 0 Å². The van der Waals surface area contributed by atoms with E-state index in [4.69, 9.17) is 9.72 Å². The van der Waals surface area contributed by atoms with Crippen LogP contribution >= 0.6 is 0 Å². The molecule has 0 bridgehead atoms. The predicted octanol–water partition coefficient (Wildman–Crippen LogP) is 19.8. The number of hydrogen-bond donors (Lipinski definition) is 0. The summed E-state index contributed by atoms with van der Waals surface area (Å²) in [5.41, 5.74) is 19.9. The molecule has 0 saturated heterocycles. The van der Waals surface area contributed by atoms with Crippen LogP contribution in [0.5, 0.6) is 11.5 Å². The molecule has 0 amide bonds. The molecule has 1 aliphatic heterocycles. The second kappa shape index (κ2) is 20.9. The second-order valence-corrected chi connectivity index (χ2v) is 23.6. The molecule has 12 aromatic rings. The van der Waals surface area contributed by atoms with E-state index in [1.165, 1.54) is 11.1 Å². The molecule has 0 aliphatic carbocycles. The Labute approximate surface area is 485 Å². The van der Waals surface area contributed by atoms with Crippen LogP contribution in [0.15, 0.2) is 249 Å². The zero-order valence-corrected chi connectivity index (χ0v) is 48.4. The topological polar surface area (TPSA) is 38.5 Å². The van der Waals surface area contributed by atoms with Gasteiger partial charge in [0.1, 0.15) is 0 Å². The monoisotopic (exact) mass is 1230 g/mol. The van der Waals surface area contributed by atoms with Gasteiger partial charge in [-0.05, 0) is 52.3 Å². The van der Waals surface area contributed by atoms with Gasteiger partial charge >= 0.3 is 306 Å². The van der Waals surface area contributed by atoms with E-state index in [2.05, 4.69) is 316 Å². The first-order valence-corrected chi connectivity index (χ1v) is 28.7. The van der Waals surface area contributed by atoms with Crippen molar-refractivity contribution in [2.45, 2.75) is 52.4 Å². The van der Waals surface area contributed by atoms with Crippen molar-refractivity contribution in [1.29, 1.82) is 0 Å². The minimum Gasteiger partial charge on any atom is -0.0615 e. The number of benzene rings is 10. The Bertz CT molecular complexity index is 4320. The number of pyridine rings is 1. The van der Waals surface area contributed by atoms with Gasteiger partial charge in [-0.3, -0.25) is 0 Å². The third-order valence-electron chi connectivity index (χ3n) is 15.3. The molecule has 0 saturated carbocycles. The fourth-order valence-electron chi connectivity index (χ4n) is 11.3. The summed E-state index contributed by atoms with van der Waals surface area (Å²) in [6.07, 6.45) is 1.93. The molecular formula is C74H59N5OPt-2. The average Bonchev–Trinajstić information content (AvgIpc) is 3.89. The molecular weight excluding hydrogens is 1170 g/mol. The molecule has 0 unspecified atom stereocenters. The molecule has 0 N–H and O–H groups in total. The van der Waals surface area contributed by atoms with Crippen LogP contribution in [0.4, 0.5) is 34.3 Å². The van der Waals surface area contributed by atoms with Crippen molar-refractivity contribution < 1.29 is 24.1 Å². The van der Waals surface area contributed by atoms with Gasteiger partial charge in [-0.15, -0.1) is 0 Å². The summed E-state index contributed by atoms with van der Waals surface area (Å²) in [5.74, 6) is 1.86. The second-order valence-electron chi connectivity index (χ2n) is 22.6. The van der Waals surface area contributed by atoms with E-state index in [1.54, 1.807) is 0 Å². The van der Waals surface area contributed by atoms with E-state index < -0.39 is 0 Å². The summed E-state index contributed by atoms with van der Waals surface area (Å²) >= 11 is 2.49. The van der Waals surface area contributed by atoms with Crippen LogP contribution in [0.25, 0.3) is 66.9 Å². The predicted molar refractivity (Wildman–Crippen MR) is 330 cm³/mol. The first kappa shape index (κ1) is 51.4. The Morgan fingerprint density at radius 1 is 0.407 bits per heavy atom. The number of ether oxygens (including phenoxy) is 1. The van der Waals surface area contributed by atoms with Crippen LogP contribution in [0.2, 0.25) is 0 Å². The first-order valence-electron chi connectivity index (χ1n) is 27.5. The molecule has 0 radical (unpaired) electrons. The fraction of sp³-hybridized carbons (Fsp3) is 0.108. The Balaban J connectivity index is 0.998. The Morgan fingerprint density at radius 3 is 1.49 bits per heavy atom. The molecule has 0 atom stereocenters. The number of para-hydroxylation sites is 6. The maximum absolute atomic E-state index is 7.06. The van der Waals surface area contributed by atoms with Crippen molar-refractivity contribution >= 4 is 45.3 Å². The van der Waals surface area contributed by atoms with E-state index >= 15 is 0 Å². The van der Waals surface area contributed by atoms with Crippen LogP contribution in [-0.4, -0.2) is 14.1 Å². The molecule has 10 aromatic carbocycles. The zero-order chi connectivity index (χ0) is 55.4. The van der Waals surface area contributed by atoms with Crippen LogP contribution in [-0.2, 0) is 30.2 Å². The summed E-state index contributed by atoms with van der Waals surface area (Å²) in [7, 11) is 0. The van der Waals surface area contributed by atoms with Crippen molar-refractivity contribution in [2.24, 2.45) is 0 Å². The zero-order valence-electron chi connectivity index (χ0n) is 46.1. The van der Waals surface area contributed by atoms with Gasteiger partial charge in [-0.2, -0.15) is 0 Å². The fourth-order valence-corrected chi connectivity index (χ4v) is 12.3. The molecule has 6 nitrogen and oxygen atoms in total. The van der Waals surface area contributed by atoms with E-state index in [-0.39, 0.29) is 10.8 Å². The third kappa shape index (κ3) is 9.54. The van der Waals surface area contributed by atoms with Gasteiger partial charge in [0.05, 0.1) is 5.69 Å². The van der Waals surface area contributed by atoms with E-state index in [9.17, 15) is 0 Å². The molecule has 2 aromatic heterocycles. The number of aromatic nitrogens is 3. The molecule has 81 heavy (non-hydrogen) atoms. The summed E-state index contributed by atoms with van der Waals surface area (Å²) < 4.78 is 12.7. The van der Waals surface area contributed by atoms with Gasteiger partial charge in [0.2, 0.25) is 0 Å². The number of rotatable bonds is 8.